The molecule has 0 N–H and O–H groups in total. The zero-order chi connectivity index (χ0) is 14.8. The van der Waals surface area contributed by atoms with Gasteiger partial charge in [0.05, 0.1) is 5.69 Å². The number of ether oxygens (including phenoxy) is 1. The Morgan fingerprint density at radius 3 is 2.62 bits per heavy atom. The lowest BCUT2D eigenvalue weighted by molar-refractivity contribution is 0.477. The number of nitriles is 1. The van der Waals surface area contributed by atoms with Crippen LogP contribution in [-0.4, -0.2) is 4.98 Å². The van der Waals surface area contributed by atoms with E-state index in [9.17, 15) is 5.26 Å². The summed E-state index contributed by atoms with van der Waals surface area (Å²) in [6, 6.07) is 10.3. The third kappa shape index (κ3) is 2.75. The van der Waals surface area contributed by atoms with Gasteiger partial charge in [0.1, 0.15) is 23.1 Å². The topological polar surface area (TPSA) is 45.9 Å². The number of fused-ring (bicyclic) bond motifs is 1. The third-order valence-corrected chi connectivity index (χ3v) is 3.95. The van der Waals surface area contributed by atoms with Crippen molar-refractivity contribution in [3.63, 3.8) is 0 Å². The molecular formula is C18H18N2O. The molecule has 106 valence electrons. The van der Waals surface area contributed by atoms with Crippen LogP contribution in [0.2, 0.25) is 0 Å². The lowest BCUT2D eigenvalue weighted by atomic mass is 9.92. The van der Waals surface area contributed by atoms with Crippen molar-refractivity contribution in [1.82, 2.24) is 4.98 Å². The molecule has 0 saturated carbocycles. The highest BCUT2D eigenvalue weighted by molar-refractivity contribution is 5.49. The minimum atomic E-state index is 0.512. The molecule has 0 spiro atoms. The minimum Gasteiger partial charge on any atom is -0.456 e. The Hall–Kier alpha value is -2.34. The molecule has 1 aliphatic rings. The zero-order valence-electron chi connectivity index (χ0n) is 12.4. The van der Waals surface area contributed by atoms with Crippen LogP contribution in [0.1, 0.15) is 40.9 Å². The number of pyridine rings is 1. The average Bonchev–Trinajstić information content (AvgIpc) is 2.47. The summed E-state index contributed by atoms with van der Waals surface area (Å²) in [6.07, 6.45) is 4.79. The Balaban J connectivity index is 1.96. The molecule has 2 aromatic rings. The van der Waals surface area contributed by atoms with Crippen LogP contribution < -0.4 is 4.74 Å². The van der Waals surface area contributed by atoms with E-state index >= 15 is 0 Å². The Bertz CT molecular complexity index is 729. The first kappa shape index (κ1) is 13.6. The lowest BCUT2D eigenvalue weighted by Gasteiger charge is -2.17. The molecule has 1 aromatic heterocycles. The molecule has 0 atom stereocenters. The van der Waals surface area contributed by atoms with Crippen molar-refractivity contribution in [3.8, 4) is 17.6 Å². The first-order valence-corrected chi connectivity index (χ1v) is 7.35. The average molecular weight is 278 g/mol. The van der Waals surface area contributed by atoms with Gasteiger partial charge >= 0.3 is 0 Å². The third-order valence-electron chi connectivity index (χ3n) is 3.95. The summed E-state index contributed by atoms with van der Waals surface area (Å²) in [7, 11) is 0. The van der Waals surface area contributed by atoms with Crippen LogP contribution in [-0.2, 0) is 12.8 Å². The van der Waals surface area contributed by atoms with Gasteiger partial charge in [-0.05, 0) is 62.8 Å². The molecule has 0 aliphatic heterocycles. The SMILES string of the molecule is Cc1cc(Oc2ccc3c(c2)CCCC3)c(C#N)c(C)n1. The van der Waals surface area contributed by atoms with Gasteiger partial charge in [-0.25, -0.2) is 0 Å². The van der Waals surface area contributed by atoms with Gasteiger partial charge in [0.15, 0.2) is 0 Å². The predicted octanol–water partition coefficient (Wildman–Crippen LogP) is 4.24. The van der Waals surface area contributed by atoms with Crippen molar-refractivity contribution in [1.29, 1.82) is 5.26 Å². The van der Waals surface area contributed by atoms with E-state index in [-0.39, 0.29) is 0 Å². The Kier molecular flexibility index (Phi) is 3.62. The van der Waals surface area contributed by atoms with E-state index in [4.69, 9.17) is 4.74 Å². The quantitative estimate of drug-likeness (QED) is 0.825. The van der Waals surface area contributed by atoms with Gasteiger partial charge in [0.25, 0.3) is 0 Å². The fourth-order valence-corrected chi connectivity index (χ4v) is 2.91. The standard InChI is InChI=1S/C18H18N2O/c1-12-9-18(17(11-19)13(2)20-12)21-16-8-7-14-5-3-4-6-15(14)10-16/h7-10H,3-6H2,1-2H3. The summed E-state index contributed by atoms with van der Waals surface area (Å²) in [5.41, 5.74) is 4.89. The number of aryl methyl sites for hydroxylation is 4. The van der Waals surface area contributed by atoms with Gasteiger partial charge in [-0.1, -0.05) is 6.07 Å². The molecule has 0 amide bonds. The molecule has 1 aromatic carbocycles. The molecule has 3 nitrogen and oxygen atoms in total. The van der Waals surface area contributed by atoms with Crippen LogP contribution in [0.25, 0.3) is 0 Å². The number of rotatable bonds is 2. The second-order valence-electron chi connectivity index (χ2n) is 5.57. The molecule has 3 rings (SSSR count). The van der Waals surface area contributed by atoms with Crippen molar-refractivity contribution in [2.45, 2.75) is 39.5 Å². The number of aromatic nitrogens is 1. The maximum absolute atomic E-state index is 9.29. The summed E-state index contributed by atoms with van der Waals surface area (Å²) >= 11 is 0. The first-order chi connectivity index (χ1) is 10.2. The molecule has 1 heterocycles. The van der Waals surface area contributed by atoms with Gasteiger partial charge in [0.2, 0.25) is 0 Å². The molecule has 1 aliphatic carbocycles. The van der Waals surface area contributed by atoms with Crippen LogP contribution in [0.4, 0.5) is 0 Å². The summed E-state index contributed by atoms with van der Waals surface area (Å²) in [6.45, 7) is 3.75. The van der Waals surface area contributed by atoms with Gasteiger partial charge in [-0.3, -0.25) is 4.98 Å². The van der Waals surface area contributed by atoms with Crippen LogP contribution in [0, 0.1) is 25.2 Å². The fraction of sp³-hybridized carbons (Fsp3) is 0.333. The molecular weight excluding hydrogens is 260 g/mol. The van der Waals surface area contributed by atoms with Crippen molar-refractivity contribution < 1.29 is 4.74 Å². The zero-order valence-corrected chi connectivity index (χ0v) is 12.4. The highest BCUT2D eigenvalue weighted by atomic mass is 16.5. The summed E-state index contributed by atoms with van der Waals surface area (Å²) in [5, 5.41) is 9.29. The molecule has 0 unspecified atom stereocenters. The van der Waals surface area contributed by atoms with Crippen molar-refractivity contribution in [2.24, 2.45) is 0 Å². The minimum absolute atomic E-state index is 0.512. The van der Waals surface area contributed by atoms with Gasteiger partial charge < -0.3 is 4.74 Å². The van der Waals surface area contributed by atoms with E-state index in [0.717, 1.165) is 24.3 Å². The van der Waals surface area contributed by atoms with Gasteiger partial charge in [-0.2, -0.15) is 5.26 Å². The van der Waals surface area contributed by atoms with Crippen LogP contribution in [0.3, 0.4) is 0 Å². The molecule has 0 saturated heterocycles. The van der Waals surface area contributed by atoms with Crippen molar-refractivity contribution in [2.75, 3.05) is 0 Å². The maximum atomic E-state index is 9.29. The van der Waals surface area contributed by atoms with E-state index < -0.39 is 0 Å². The van der Waals surface area contributed by atoms with Crippen LogP contribution in [0.5, 0.6) is 11.5 Å². The number of hydrogen-bond acceptors (Lipinski definition) is 3. The lowest BCUT2D eigenvalue weighted by Crippen LogP contribution is -2.03. The largest absolute Gasteiger partial charge is 0.456 e. The fourth-order valence-electron chi connectivity index (χ4n) is 2.91. The van der Waals surface area contributed by atoms with E-state index in [1.54, 1.807) is 0 Å². The molecule has 0 bridgehead atoms. The number of hydrogen-bond donors (Lipinski definition) is 0. The number of benzene rings is 1. The summed E-state index contributed by atoms with van der Waals surface area (Å²) < 4.78 is 5.97. The second kappa shape index (κ2) is 5.57. The Labute approximate surface area is 125 Å². The summed E-state index contributed by atoms with van der Waals surface area (Å²) in [5.74, 6) is 1.40. The van der Waals surface area contributed by atoms with E-state index in [1.165, 1.54) is 24.0 Å². The van der Waals surface area contributed by atoms with Gasteiger partial charge in [0, 0.05) is 11.8 Å². The molecule has 0 fully saturated rings. The normalized spacial score (nSPS) is 13.4. The van der Waals surface area contributed by atoms with Crippen molar-refractivity contribution >= 4 is 0 Å². The molecule has 0 radical (unpaired) electrons. The molecule has 3 heteroatoms. The Morgan fingerprint density at radius 2 is 1.86 bits per heavy atom. The smallest absolute Gasteiger partial charge is 0.148 e. The van der Waals surface area contributed by atoms with E-state index in [0.29, 0.717) is 17.0 Å². The highest BCUT2D eigenvalue weighted by Gasteiger charge is 2.13. The Morgan fingerprint density at radius 1 is 1.10 bits per heavy atom. The van der Waals surface area contributed by atoms with E-state index in [1.807, 2.05) is 26.0 Å². The van der Waals surface area contributed by atoms with Crippen molar-refractivity contribution in [3.05, 3.63) is 52.3 Å². The monoisotopic (exact) mass is 278 g/mol. The maximum Gasteiger partial charge on any atom is 0.148 e. The number of nitrogens with zero attached hydrogens (tertiary/aromatic N) is 2. The van der Waals surface area contributed by atoms with Gasteiger partial charge in [-0.15, -0.1) is 0 Å². The second-order valence-corrected chi connectivity index (χ2v) is 5.57. The predicted molar refractivity (Wildman–Crippen MR) is 81.6 cm³/mol. The van der Waals surface area contributed by atoms with Crippen LogP contribution in [0.15, 0.2) is 24.3 Å². The molecule has 21 heavy (non-hydrogen) atoms. The first-order valence-electron chi connectivity index (χ1n) is 7.35. The highest BCUT2D eigenvalue weighted by Crippen LogP contribution is 2.30. The van der Waals surface area contributed by atoms with Crippen LogP contribution >= 0.6 is 0 Å². The van der Waals surface area contributed by atoms with E-state index in [2.05, 4.69) is 23.2 Å². The summed E-state index contributed by atoms with van der Waals surface area (Å²) in [4.78, 5) is 4.31.